The van der Waals surface area contributed by atoms with Crippen LogP contribution in [0.2, 0.25) is 0 Å². The summed E-state index contributed by atoms with van der Waals surface area (Å²) >= 11 is 0. The molecule has 0 fully saturated rings. The number of halogens is 1. The molecule has 0 bridgehead atoms. The summed E-state index contributed by atoms with van der Waals surface area (Å²) in [6.07, 6.45) is 0.116. The van der Waals surface area contributed by atoms with Crippen LogP contribution in [0.4, 0.5) is 10.1 Å². The Kier molecular flexibility index (Phi) is 4.06. The van der Waals surface area contributed by atoms with Crippen LogP contribution in [0.1, 0.15) is 5.56 Å². The fourth-order valence-electron chi connectivity index (χ4n) is 2.58. The predicted molar refractivity (Wildman–Crippen MR) is 82.1 cm³/mol. The highest BCUT2D eigenvalue weighted by Gasteiger charge is 2.20. The van der Waals surface area contributed by atoms with Crippen molar-refractivity contribution in [1.82, 2.24) is 4.90 Å². The molecule has 1 atom stereocenters. The number of nitrogens with zero attached hydrogens (tertiary/aromatic N) is 1. The Hall–Kier alpha value is -2.07. The molecule has 1 heterocycles. The van der Waals surface area contributed by atoms with Gasteiger partial charge in [-0.2, -0.15) is 0 Å². The number of anilines is 1. The van der Waals surface area contributed by atoms with Crippen LogP contribution < -0.4 is 10.1 Å². The second kappa shape index (κ2) is 6.14. The average Bonchev–Trinajstić information content (AvgIpc) is 2.49. The number of hydrogen-bond acceptors (Lipinski definition) is 3. The molecule has 1 unspecified atom stereocenters. The number of nitrogens with one attached hydrogen (secondary N) is 1. The second-order valence-corrected chi connectivity index (χ2v) is 5.44. The molecule has 3 nitrogen and oxygen atoms in total. The third kappa shape index (κ3) is 3.52. The highest BCUT2D eigenvalue weighted by molar-refractivity contribution is 5.57. The maximum Gasteiger partial charge on any atom is 0.142 e. The summed E-state index contributed by atoms with van der Waals surface area (Å²) in [5.74, 6) is 0.710. The molecule has 0 aliphatic carbocycles. The molecule has 21 heavy (non-hydrogen) atoms. The summed E-state index contributed by atoms with van der Waals surface area (Å²) in [5, 5.41) is 3.39. The normalized spacial score (nSPS) is 17.0. The first-order valence-electron chi connectivity index (χ1n) is 7.13. The smallest absolute Gasteiger partial charge is 0.142 e. The van der Waals surface area contributed by atoms with Crippen molar-refractivity contribution in [3.8, 4) is 5.75 Å². The van der Waals surface area contributed by atoms with Crippen molar-refractivity contribution in [2.45, 2.75) is 12.6 Å². The molecule has 1 N–H and O–H groups in total. The Morgan fingerprint density at radius 2 is 1.95 bits per heavy atom. The highest BCUT2D eigenvalue weighted by atomic mass is 19.1. The van der Waals surface area contributed by atoms with E-state index in [4.69, 9.17) is 4.74 Å². The summed E-state index contributed by atoms with van der Waals surface area (Å²) in [4.78, 5) is 2.19. The minimum atomic E-state index is -0.196. The van der Waals surface area contributed by atoms with Gasteiger partial charge in [0, 0.05) is 13.1 Å². The van der Waals surface area contributed by atoms with E-state index in [1.807, 2.05) is 43.4 Å². The van der Waals surface area contributed by atoms with E-state index in [1.54, 1.807) is 0 Å². The maximum absolute atomic E-state index is 12.9. The van der Waals surface area contributed by atoms with E-state index in [1.165, 1.54) is 12.1 Å². The molecule has 2 aromatic rings. The third-order valence-corrected chi connectivity index (χ3v) is 3.58. The number of hydrogen-bond donors (Lipinski definition) is 1. The summed E-state index contributed by atoms with van der Waals surface area (Å²) in [5.41, 5.74) is 2.15. The summed E-state index contributed by atoms with van der Waals surface area (Å²) in [6, 6.07) is 14.6. The Morgan fingerprint density at radius 1 is 1.19 bits per heavy atom. The van der Waals surface area contributed by atoms with E-state index in [2.05, 4.69) is 10.2 Å². The Labute approximate surface area is 124 Å². The lowest BCUT2D eigenvalue weighted by molar-refractivity contribution is 0.148. The van der Waals surface area contributed by atoms with Crippen LogP contribution in [0, 0.1) is 5.82 Å². The van der Waals surface area contributed by atoms with E-state index in [0.29, 0.717) is 0 Å². The largest absolute Gasteiger partial charge is 0.485 e. The summed E-state index contributed by atoms with van der Waals surface area (Å²) in [6.45, 7) is 2.39. The topological polar surface area (TPSA) is 24.5 Å². The third-order valence-electron chi connectivity index (χ3n) is 3.58. The molecule has 0 spiro atoms. The van der Waals surface area contributed by atoms with Crippen LogP contribution >= 0.6 is 0 Å². The van der Waals surface area contributed by atoms with Gasteiger partial charge in [0.25, 0.3) is 0 Å². The zero-order chi connectivity index (χ0) is 14.7. The van der Waals surface area contributed by atoms with Crippen LogP contribution in [0.3, 0.4) is 0 Å². The molecule has 0 amide bonds. The van der Waals surface area contributed by atoms with Crippen molar-refractivity contribution >= 4 is 5.69 Å². The molecule has 0 radical (unpaired) electrons. The molecule has 0 saturated carbocycles. The molecule has 2 aromatic carbocycles. The van der Waals surface area contributed by atoms with Gasteiger partial charge in [-0.1, -0.05) is 24.3 Å². The maximum atomic E-state index is 12.9. The van der Waals surface area contributed by atoms with Crippen LogP contribution in [-0.4, -0.2) is 31.1 Å². The zero-order valence-electron chi connectivity index (χ0n) is 12.1. The molecule has 4 heteroatoms. The standard InChI is InChI=1S/C17H19FN2O/c1-20(11-13-6-8-14(18)9-7-13)12-15-10-19-16-4-2-3-5-17(16)21-15/h2-9,15,19H,10-12H2,1H3. The lowest BCUT2D eigenvalue weighted by atomic mass is 10.2. The van der Waals surface area contributed by atoms with Gasteiger partial charge < -0.3 is 10.1 Å². The van der Waals surface area contributed by atoms with Crippen molar-refractivity contribution in [2.24, 2.45) is 0 Å². The fraction of sp³-hybridized carbons (Fsp3) is 0.294. The highest BCUT2D eigenvalue weighted by Crippen LogP contribution is 2.28. The zero-order valence-corrected chi connectivity index (χ0v) is 12.1. The Morgan fingerprint density at radius 3 is 2.76 bits per heavy atom. The number of rotatable bonds is 4. The van der Waals surface area contributed by atoms with E-state index in [0.717, 1.165) is 36.6 Å². The second-order valence-electron chi connectivity index (χ2n) is 5.44. The van der Waals surface area contributed by atoms with Crippen LogP contribution in [0.5, 0.6) is 5.75 Å². The first-order chi connectivity index (χ1) is 10.2. The molecule has 0 aromatic heterocycles. The SMILES string of the molecule is CN(Cc1ccc(F)cc1)CC1CNc2ccccc2O1. The van der Waals surface area contributed by atoms with Gasteiger partial charge in [-0.15, -0.1) is 0 Å². The van der Waals surface area contributed by atoms with Gasteiger partial charge in [-0.05, 0) is 36.9 Å². The van der Waals surface area contributed by atoms with Crippen LogP contribution in [0.25, 0.3) is 0 Å². The molecule has 110 valence electrons. The lowest BCUT2D eigenvalue weighted by Crippen LogP contribution is -2.40. The minimum Gasteiger partial charge on any atom is -0.485 e. The van der Waals surface area contributed by atoms with Crippen molar-refractivity contribution in [3.63, 3.8) is 0 Å². The summed E-state index contributed by atoms with van der Waals surface area (Å²) in [7, 11) is 2.05. The van der Waals surface area contributed by atoms with E-state index >= 15 is 0 Å². The molecule has 1 aliphatic heterocycles. The molecular formula is C17H19FN2O. The van der Waals surface area contributed by atoms with Crippen molar-refractivity contribution in [1.29, 1.82) is 0 Å². The number of ether oxygens (including phenoxy) is 1. The fourth-order valence-corrected chi connectivity index (χ4v) is 2.58. The van der Waals surface area contributed by atoms with E-state index in [-0.39, 0.29) is 11.9 Å². The predicted octanol–water partition coefficient (Wildman–Crippen LogP) is 3.13. The first-order valence-corrected chi connectivity index (χ1v) is 7.13. The average molecular weight is 286 g/mol. The van der Waals surface area contributed by atoms with E-state index in [9.17, 15) is 4.39 Å². The van der Waals surface area contributed by atoms with Gasteiger partial charge in [-0.25, -0.2) is 4.39 Å². The quantitative estimate of drug-likeness (QED) is 0.934. The number of benzene rings is 2. The lowest BCUT2D eigenvalue weighted by Gasteiger charge is -2.30. The number of fused-ring (bicyclic) bond motifs is 1. The van der Waals surface area contributed by atoms with Gasteiger partial charge in [0.15, 0.2) is 0 Å². The van der Waals surface area contributed by atoms with E-state index < -0.39 is 0 Å². The number of likely N-dealkylation sites (N-methyl/N-ethyl adjacent to an activating group) is 1. The molecular weight excluding hydrogens is 267 g/mol. The van der Waals surface area contributed by atoms with Gasteiger partial charge in [0.2, 0.25) is 0 Å². The van der Waals surface area contributed by atoms with Gasteiger partial charge >= 0.3 is 0 Å². The minimum absolute atomic E-state index is 0.116. The summed E-state index contributed by atoms with van der Waals surface area (Å²) < 4.78 is 18.9. The molecule has 0 saturated heterocycles. The first kappa shape index (κ1) is 13.9. The van der Waals surface area contributed by atoms with Crippen LogP contribution in [-0.2, 0) is 6.54 Å². The van der Waals surface area contributed by atoms with Gasteiger partial charge in [0.05, 0.1) is 12.2 Å². The van der Waals surface area contributed by atoms with Crippen molar-refractivity contribution < 1.29 is 9.13 Å². The molecule has 1 aliphatic rings. The Balaban J connectivity index is 1.56. The monoisotopic (exact) mass is 286 g/mol. The van der Waals surface area contributed by atoms with Gasteiger partial charge in [-0.3, -0.25) is 4.90 Å². The molecule has 3 rings (SSSR count). The Bertz CT molecular complexity index is 600. The van der Waals surface area contributed by atoms with Gasteiger partial charge in [0.1, 0.15) is 17.7 Å². The van der Waals surface area contributed by atoms with Crippen molar-refractivity contribution in [3.05, 3.63) is 59.9 Å². The van der Waals surface area contributed by atoms with Crippen LogP contribution in [0.15, 0.2) is 48.5 Å². The van der Waals surface area contributed by atoms with Crippen molar-refractivity contribution in [2.75, 3.05) is 25.5 Å². The number of para-hydroxylation sites is 2.